The number of ether oxygens (including phenoxy) is 2. The van der Waals surface area contributed by atoms with Crippen molar-refractivity contribution in [2.24, 2.45) is 7.05 Å². The monoisotopic (exact) mass is 401 g/mol. The highest BCUT2D eigenvalue weighted by atomic mass is 35.5. The molecule has 27 heavy (non-hydrogen) atoms. The maximum Gasteiger partial charge on any atom is 0.435 e. The summed E-state index contributed by atoms with van der Waals surface area (Å²) in [6, 6.07) is 7.64. The Morgan fingerprint density at radius 1 is 1.04 bits per heavy atom. The van der Waals surface area contributed by atoms with E-state index in [1.165, 1.54) is 25.2 Å². The molecule has 3 rings (SSSR count). The van der Waals surface area contributed by atoms with E-state index in [0.29, 0.717) is 5.56 Å². The third-order valence-corrected chi connectivity index (χ3v) is 3.66. The lowest BCUT2D eigenvalue weighted by Gasteiger charge is -2.09. The molecule has 0 bridgehead atoms. The Balaban J connectivity index is 1.85. The average Bonchev–Trinajstić information content (AvgIpc) is 2.91. The number of aromatic nitrogens is 3. The molecule has 5 nitrogen and oxygen atoms in total. The molecule has 0 aliphatic heterocycles. The number of hydrogen-bond donors (Lipinski definition) is 0. The Kier molecular flexibility index (Phi) is 4.97. The summed E-state index contributed by atoms with van der Waals surface area (Å²) in [7, 11) is 1.32. The van der Waals surface area contributed by atoms with E-state index in [1.54, 1.807) is 13.0 Å². The smallest absolute Gasteiger partial charge is 0.435 e. The van der Waals surface area contributed by atoms with Crippen molar-refractivity contribution in [3.8, 4) is 23.4 Å². The van der Waals surface area contributed by atoms with Crippen molar-refractivity contribution in [1.29, 1.82) is 0 Å². The lowest BCUT2D eigenvalue weighted by molar-refractivity contribution is -0.141. The molecular formula is C17H12ClF4N3O2. The van der Waals surface area contributed by atoms with Crippen LogP contribution in [0.5, 0.6) is 23.4 Å². The quantitative estimate of drug-likeness (QED) is 0.540. The van der Waals surface area contributed by atoms with Crippen molar-refractivity contribution < 1.29 is 27.0 Å². The van der Waals surface area contributed by atoms with Crippen molar-refractivity contribution in [2.75, 3.05) is 0 Å². The standard InChI is InChI=1S/C17H12ClF4N3O2/c1-9-5-14(26-10-3-4-12(19)11(18)7-10)23-15(6-9)27-16-8-13(17(20,21)22)24-25(16)2/h3-8H,1-2H3. The molecule has 0 saturated heterocycles. The predicted molar refractivity (Wildman–Crippen MR) is 88.7 cm³/mol. The Bertz CT molecular complexity index is 989. The molecule has 2 heterocycles. The molecular weight excluding hydrogens is 390 g/mol. The van der Waals surface area contributed by atoms with Gasteiger partial charge in [0.25, 0.3) is 0 Å². The van der Waals surface area contributed by atoms with E-state index < -0.39 is 17.7 Å². The maximum atomic E-state index is 13.2. The van der Waals surface area contributed by atoms with Crippen LogP contribution in [0.2, 0.25) is 5.02 Å². The van der Waals surface area contributed by atoms with Crippen LogP contribution in [0.3, 0.4) is 0 Å². The minimum absolute atomic E-state index is 0.00920. The third kappa shape index (κ3) is 4.48. The zero-order chi connectivity index (χ0) is 19.8. The van der Waals surface area contributed by atoms with Gasteiger partial charge < -0.3 is 9.47 Å². The molecule has 0 aliphatic carbocycles. The van der Waals surface area contributed by atoms with Crippen LogP contribution >= 0.6 is 11.6 Å². The van der Waals surface area contributed by atoms with Crippen LogP contribution in [0.4, 0.5) is 17.6 Å². The summed E-state index contributed by atoms with van der Waals surface area (Å²) in [6.07, 6.45) is -4.59. The van der Waals surface area contributed by atoms with Crippen LogP contribution in [0, 0.1) is 12.7 Å². The molecule has 142 valence electrons. The molecule has 0 N–H and O–H groups in total. The van der Waals surface area contributed by atoms with E-state index >= 15 is 0 Å². The van der Waals surface area contributed by atoms with Crippen LogP contribution < -0.4 is 9.47 Å². The second kappa shape index (κ2) is 7.07. The maximum absolute atomic E-state index is 13.2. The van der Waals surface area contributed by atoms with E-state index in [4.69, 9.17) is 21.1 Å². The molecule has 0 radical (unpaired) electrons. The summed E-state index contributed by atoms with van der Waals surface area (Å²) in [5.41, 5.74) is -0.397. The summed E-state index contributed by atoms with van der Waals surface area (Å²) in [5, 5.41) is 3.25. The molecule has 3 aromatic rings. The highest BCUT2D eigenvalue weighted by molar-refractivity contribution is 6.30. The van der Waals surface area contributed by atoms with Crippen molar-refractivity contribution in [3.63, 3.8) is 0 Å². The first kappa shape index (κ1) is 19.0. The number of pyridine rings is 1. The van der Waals surface area contributed by atoms with Gasteiger partial charge in [0.15, 0.2) is 5.69 Å². The molecule has 0 aliphatic rings. The largest absolute Gasteiger partial charge is 0.439 e. The Labute approximate surface area is 156 Å². The fourth-order valence-corrected chi connectivity index (χ4v) is 2.33. The number of rotatable bonds is 4. The predicted octanol–water partition coefficient (Wildman–Crippen LogP) is 5.52. The van der Waals surface area contributed by atoms with Crippen LogP contribution in [-0.4, -0.2) is 14.8 Å². The lowest BCUT2D eigenvalue weighted by atomic mass is 10.3. The number of benzene rings is 1. The molecule has 0 atom stereocenters. The van der Waals surface area contributed by atoms with Crippen molar-refractivity contribution in [2.45, 2.75) is 13.1 Å². The van der Waals surface area contributed by atoms with Crippen molar-refractivity contribution in [1.82, 2.24) is 14.8 Å². The zero-order valence-corrected chi connectivity index (χ0v) is 14.8. The van der Waals surface area contributed by atoms with Gasteiger partial charge in [0.05, 0.1) is 5.02 Å². The number of alkyl halides is 3. The van der Waals surface area contributed by atoms with Gasteiger partial charge in [-0.1, -0.05) is 11.6 Å². The lowest BCUT2D eigenvalue weighted by Crippen LogP contribution is -2.06. The van der Waals surface area contributed by atoms with Crippen LogP contribution in [-0.2, 0) is 13.2 Å². The highest BCUT2D eigenvalue weighted by Gasteiger charge is 2.35. The van der Waals surface area contributed by atoms with Gasteiger partial charge in [-0.05, 0) is 24.6 Å². The van der Waals surface area contributed by atoms with Gasteiger partial charge in [-0.25, -0.2) is 9.07 Å². The molecule has 2 aromatic heterocycles. The van der Waals surface area contributed by atoms with E-state index in [0.717, 1.165) is 16.8 Å². The van der Waals surface area contributed by atoms with Gasteiger partial charge in [-0.2, -0.15) is 23.3 Å². The van der Waals surface area contributed by atoms with Gasteiger partial charge in [-0.3, -0.25) is 0 Å². The number of aryl methyl sites for hydroxylation is 2. The molecule has 1 aromatic carbocycles. The van der Waals surface area contributed by atoms with E-state index in [2.05, 4.69) is 10.1 Å². The van der Waals surface area contributed by atoms with Gasteiger partial charge in [-0.15, -0.1) is 0 Å². The summed E-state index contributed by atoms with van der Waals surface area (Å²) < 4.78 is 63.3. The number of hydrogen-bond acceptors (Lipinski definition) is 4. The first-order chi connectivity index (χ1) is 12.6. The SMILES string of the molecule is Cc1cc(Oc2ccc(F)c(Cl)c2)nc(Oc2cc(C(F)(F)F)nn2C)c1. The van der Waals surface area contributed by atoms with Gasteiger partial charge in [0.2, 0.25) is 17.6 Å². The van der Waals surface area contributed by atoms with Crippen LogP contribution in [0.25, 0.3) is 0 Å². The first-order valence-electron chi connectivity index (χ1n) is 7.52. The molecule has 10 heteroatoms. The van der Waals surface area contributed by atoms with Crippen molar-refractivity contribution in [3.05, 3.63) is 58.5 Å². The van der Waals surface area contributed by atoms with Gasteiger partial charge >= 0.3 is 6.18 Å². The first-order valence-corrected chi connectivity index (χ1v) is 7.90. The molecule has 0 unspecified atom stereocenters. The van der Waals surface area contributed by atoms with Crippen molar-refractivity contribution >= 4 is 11.6 Å². The Morgan fingerprint density at radius 3 is 2.30 bits per heavy atom. The van der Waals surface area contributed by atoms with Gasteiger partial charge in [0, 0.05) is 31.3 Å². The second-order valence-corrected chi connectivity index (χ2v) is 6.00. The van der Waals surface area contributed by atoms with Crippen LogP contribution in [0.15, 0.2) is 36.4 Å². The summed E-state index contributed by atoms with van der Waals surface area (Å²) in [5.74, 6) is -0.385. The zero-order valence-electron chi connectivity index (χ0n) is 14.0. The molecule has 0 amide bonds. The fourth-order valence-electron chi connectivity index (χ4n) is 2.16. The van der Waals surface area contributed by atoms with Crippen LogP contribution in [0.1, 0.15) is 11.3 Å². The molecule has 0 spiro atoms. The topological polar surface area (TPSA) is 49.2 Å². The minimum Gasteiger partial charge on any atom is -0.439 e. The summed E-state index contributed by atoms with van der Waals surface area (Å²) in [6.45, 7) is 1.73. The Morgan fingerprint density at radius 2 is 1.70 bits per heavy atom. The minimum atomic E-state index is -4.59. The average molecular weight is 402 g/mol. The highest BCUT2D eigenvalue weighted by Crippen LogP contribution is 2.33. The normalized spacial score (nSPS) is 11.5. The Hall–Kier alpha value is -2.81. The van der Waals surface area contributed by atoms with E-state index in [9.17, 15) is 17.6 Å². The van der Waals surface area contributed by atoms with E-state index in [1.807, 2.05) is 0 Å². The fraction of sp³-hybridized carbons (Fsp3) is 0.176. The summed E-state index contributed by atoms with van der Waals surface area (Å²) >= 11 is 5.70. The summed E-state index contributed by atoms with van der Waals surface area (Å²) in [4.78, 5) is 4.09. The van der Waals surface area contributed by atoms with E-state index in [-0.39, 0.29) is 28.4 Å². The third-order valence-electron chi connectivity index (χ3n) is 3.37. The number of nitrogens with zero attached hydrogens (tertiary/aromatic N) is 3. The molecule has 0 saturated carbocycles. The second-order valence-electron chi connectivity index (χ2n) is 5.59. The molecule has 0 fully saturated rings. The number of halogens is 5. The van der Waals surface area contributed by atoms with Gasteiger partial charge in [0.1, 0.15) is 11.6 Å².